The van der Waals surface area contributed by atoms with E-state index in [4.69, 9.17) is 0 Å². The molecule has 0 heterocycles. The van der Waals surface area contributed by atoms with Crippen LogP contribution < -0.4 is 0 Å². The largest absolute Gasteiger partial charge is 0.223 e. The van der Waals surface area contributed by atoms with E-state index in [0.717, 1.165) is 18.4 Å². The quantitative estimate of drug-likeness (QED) is 0.489. The first-order valence-corrected chi connectivity index (χ1v) is 9.16. The molecular weight excluding hydrogens is 268 g/mol. The van der Waals surface area contributed by atoms with Crippen molar-refractivity contribution in [3.63, 3.8) is 0 Å². The highest BCUT2D eigenvalue weighted by molar-refractivity contribution is 7.91. The fourth-order valence-electron chi connectivity index (χ4n) is 2.02. The number of benzene rings is 1. The molecule has 0 saturated carbocycles. The highest BCUT2D eigenvalue weighted by atomic mass is 32.2. The lowest BCUT2D eigenvalue weighted by Crippen LogP contribution is -2.04. The zero-order valence-corrected chi connectivity index (χ0v) is 13.5. The van der Waals surface area contributed by atoms with Gasteiger partial charge in [0, 0.05) is 0 Å². The van der Waals surface area contributed by atoms with E-state index >= 15 is 0 Å². The summed E-state index contributed by atoms with van der Waals surface area (Å²) in [7, 11) is -3.17. The average molecular weight is 294 g/mol. The van der Waals surface area contributed by atoms with Gasteiger partial charge in [-0.3, -0.25) is 0 Å². The van der Waals surface area contributed by atoms with Crippen LogP contribution in [0.4, 0.5) is 0 Å². The molecule has 0 aliphatic carbocycles. The monoisotopic (exact) mass is 294 g/mol. The molecule has 0 N–H and O–H groups in total. The molecule has 20 heavy (non-hydrogen) atoms. The molecule has 0 aromatic heterocycles. The fourth-order valence-corrected chi connectivity index (χ4v) is 3.15. The molecule has 2 nitrogen and oxygen atoms in total. The predicted molar refractivity (Wildman–Crippen MR) is 85.7 cm³/mol. The minimum Gasteiger partial charge on any atom is -0.223 e. The standard InChI is InChI=1S/C17H26O2S/c1-3-4-5-6-7-8-9-10-15-20(18,19)17-13-11-16(2)12-14-17/h9-14H,3-8,15H2,1-2H3/b10-9+. The molecule has 0 spiro atoms. The molecule has 0 amide bonds. The zero-order valence-electron chi connectivity index (χ0n) is 12.6. The lowest BCUT2D eigenvalue weighted by Gasteiger charge is -2.02. The third-order valence-electron chi connectivity index (χ3n) is 3.34. The molecule has 0 unspecified atom stereocenters. The number of hydrogen-bond acceptors (Lipinski definition) is 2. The van der Waals surface area contributed by atoms with Gasteiger partial charge in [0.05, 0.1) is 10.6 Å². The first-order chi connectivity index (χ1) is 9.56. The Hall–Kier alpha value is -1.09. The van der Waals surface area contributed by atoms with Gasteiger partial charge in [-0.15, -0.1) is 0 Å². The van der Waals surface area contributed by atoms with E-state index in [1.54, 1.807) is 18.2 Å². The number of rotatable bonds is 9. The maximum absolute atomic E-state index is 12.1. The number of allylic oxidation sites excluding steroid dienone is 1. The maximum Gasteiger partial charge on any atom is 0.181 e. The Bertz CT molecular complexity index is 498. The van der Waals surface area contributed by atoms with Crippen molar-refractivity contribution in [2.24, 2.45) is 0 Å². The second-order valence-corrected chi connectivity index (χ2v) is 7.30. The van der Waals surface area contributed by atoms with Crippen LogP contribution in [0.2, 0.25) is 0 Å². The molecule has 1 aromatic rings. The summed E-state index contributed by atoms with van der Waals surface area (Å²) in [6.07, 6.45) is 11.0. The lowest BCUT2D eigenvalue weighted by molar-refractivity contribution is 0.599. The Balaban J connectivity index is 2.34. The Labute approximate surface area is 123 Å². The van der Waals surface area contributed by atoms with Crippen molar-refractivity contribution in [3.05, 3.63) is 42.0 Å². The van der Waals surface area contributed by atoms with E-state index in [9.17, 15) is 8.42 Å². The van der Waals surface area contributed by atoms with Crippen LogP contribution in [-0.2, 0) is 9.84 Å². The Morgan fingerprint density at radius 1 is 0.950 bits per heavy atom. The average Bonchev–Trinajstić information content (AvgIpc) is 2.42. The molecule has 0 aliphatic rings. The Morgan fingerprint density at radius 2 is 1.60 bits per heavy atom. The molecule has 1 aromatic carbocycles. The van der Waals surface area contributed by atoms with E-state index in [1.165, 1.54) is 25.7 Å². The molecule has 3 heteroatoms. The second kappa shape index (κ2) is 8.96. The highest BCUT2D eigenvalue weighted by Crippen LogP contribution is 2.12. The van der Waals surface area contributed by atoms with E-state index in [2.05, 4.69) is 6.92 Å². The van der Waals surface area contributed by atoms with Gasteiger partial charge in [0.25, 0.3) is 0 Å². The number of unbranched alkanes of at least 4 members (excludes halogenated alkanes) is 5. The van der Waals surface area contributed by atoms with Crippen molar-refractivity contribution in [1.29, 1.82) is 0 Å². The molecule has 1 rings (SSSR count). The summed E-state index contributed by atoms with van der Waals surface area (Å²) in [4.78, 5) is 0.413. The van der Waals surface area contributed by atoms with Gasteiger partial charge in [-0.1, -0.05) is 62.5 Å². The minimum absolute atomic E-state index is 0.102. The van der Waals surface area contributed by atoms with Crippen LogP contribution in [0.5, 0.6) is 0 Å². The summed E-state index contributed by atoms with van der Waals surface area (Å²) < 4.78 is 24.1. The van der Waals surface area contributed by atoms with Crippen LogP contribution in [0.25, 0.3) is 0 Å². The summed E-state index contributed by atoms with van der Waals surface area (Å²) in [6.45, 7) is 4.16. The predicted octanol–water partition coefficient (Wildman–Crippen LogP) is 4.69. The molecule has 112 valence electrons. The van der Waals surface area contributed by atoms with Gasteiger partial charge in [0.2, 0.25) is 0 Å². The summed E-state index contributed by atoms with van der Waals surface area (Å²) in [5.74, 6) is 0.102. The Kier molecular flexibility index (Phi) is 7.60. The number of aryl methyl sites for hydroxylation is 1. The fraction of sp³-hybridized carbons (Fsp3) is 0.529. The third kappa shape index (κ3) is 6.38. The van der Waals surface area contributed by atoms with Crippen molar-refractivity contribution in [2.75, 3.05) is 5.75 Å². The van der Waals surface area contributed by atoms with Gasteiger partial charge in [0.1, 0.15) is 0 Å². The molecule has 0 fully saturated rings. The molecule has 0 saturated heterocycles. The van der Waals surface area contributed by atoms with Crippen LogP contribution in [0.3, 0.4) is 0 Å². The SMILES string of the molecule is CCCCCCC/C=C/CS(=O)(=O)c1ccc(C)cc1. The highest BCUT2D eigenvalue weighted by Gasteiger charge is 2.11. The minimum atomic E-state index is -3.17. The van der Waals surface area contributed by atoms with Crippen molar-refractivity contribution in [3.8, 4) is 0 Å². The molecular formula is C17H26O2S. The molecule has 0 atom stereocenters. The lowest BCUT2D eigenvalue weighted by atomic mass is 10.1. The first kappa shape index (κ1) is 17.0. The van der Waals surface area contributed by atoms with Crippen molar-refractivity contribution in [1.82, 2.24) is 0 Å². The Morgan fingerprint density at radius 3 is 2.25 bits per heavy atom. The van der Waals surface area contributed by atoms with Gasteiger partial charge in [-0.2, -0.15) is 0 Å². The van der Waals surface area contributed by atoms with Crippen LogP contribution in [0.15, 0.2) is 41.3 Å². The summed E-state index contributed by atoms with van der Waals surface area (Å²) >= 11 is 0. The van der Waals surface area contributed by atoms with Gasteiger partial charge < -0.3 is 0 Å². The van der Waals surface area contributed by atoms with Gasteiger partial charge in [-0.25, -0.2) is 8.42 Å². The molecule has 0 radical (unpaired) electrons. The van der Waals surface area contributed by atoms with Crippen LogP contribution in [0.1, 0.15) is 51.0 Å². The smallest absolute Gasteiger partial charge is 0.181 e. The number of sulfone groups is 1. The van der Waals surface area contributed by atoms with Crippen molar-refractivity contribution in [2.45, 2.75) is 57.3 Å². The van der Waals surface area contributed by atoms with E-state index in [0.29, 0.717) is 4.90 Å². The van der Waals surface area contributed by atoms with Gasteiger partial charge in [0.15, 0.2) is 9.84 Å². The second-order valence-electron chi connectivity index (χ2n) is 5.27. The normalized spacial score (nSPS) is 12.1. The van der Waals surface area contributed by atoms with Crippen molar-refractivity contribution >= 4 is 9.84 Å². The zero-order chi connectivity index (χ0) is 14.8. The van der Waals surface area contributed by atoms with E-state index in [-0.39, 0.29) is 5.75 Å². The number of hydrogen-bond donors (Lipinski definition) is 0. The summed E-state index contributed by atoms with van der Waals surface area (Å²) in [5, 5.41) is 0. The van der Waals surface area contributed by atoms with Crippen LogP contribution >= 0.6 is 0 Å². The van der Waals surface area contributed by atoms with E-state index in [1.807, 2.05) is 25.1 Å². The third-order valence-corrected chi connectivity index (χ3v) is 4.96. The van der Waals surface area contributed by atoms with E-state index < -0.39 is 9.84 Å². The van der Waals surface area contributed by atoms with Gasteiger partial charge >= 0.3 is 0 Å². The van der Waals surface area contributed by atoms with Gasteiger partial charge in [-0.05, 0) is 31.9 Å². The maximum atomic E-state index is 12.1. The van der Waals surface area contributed by atoms with Crippen LogP contribution in [0, 0.1) is 6.92 Å². The molecule has 0 aliphatic heterocycles. The topological polar surface area (TPSA) is 34.1 Å². The summed E-state index contributed by atoms with van der Waals surface area (Å²) in [5.41, 5.74) is 1.08. The molecule has 0 bridgehead atoms. The first-order valence-electron chi connectivity index (χ1n) is 7.50. The van der Waals surface area contributed by atoms with Crippen LogP contribution in [-0.4, -0.2) is 14.2 Å². The summed E-state index contributed by atoms with van der Waals surface area (Å²) in [6, 6.07) is 7.04. The van der Waals surface area contributed by atoms with Crippen molar-refractivity contribution < 1.29 is 8.42 Å².